The predicted octanol–water partition coefficient (Wildman–Crippen LogP) is -2.06. The molecular formula is C16H28N4O6S. The molecule has 0 aromatic rings. The number of carboxylic acids is 1. The zero-order valence-electron chi connectivity index (χ0n) is 15.4. The largest absolute Gasteiger partial charge is 0.480 e. The van der Waals surface area contributed by atoms with Crippen LogP contribution in [0.3, 0.4) is 0 Å². The summed E-state index contributed by atoms with van der Waals surface area (Å²) in [5.41, 5.74) is 5.59. The molecule has 11 heteroatoms. The van der Waals surface area contributed by atoms with Crippen molar-refractivity contribution in [2.24, 2.45) is 11.7 Å². The van der Waals surface area contributed by atoms with Crippen molar-refractivity contribution in [1.82, 2.24) is 15.5 Å². The molecule has 0 bridgehead atoms. The number of nitrogens with one attached hydrogen (secondary N) is 2. The monoisotopic (exact) mass is 404 g/mol. The Labute approximate surface area is 163 Å². The van der Waals surface area contributed by atoms with Crippen molar-refractivity contribution in [3.05, 3.63) is 0 Å². The van der Waals surface area contributed by atoms with Gasteiger partial charge in [-0.1, -0.05) is 13.8 Å². The number of aliphatic carboxylic acids is 1. The number of aliphatic hydroxyl groups is 1. The van der Waals surface area contributed by atoms with Crippen molar-refractivity contribution in [2.45, 2.75) is 50.9 Å². The topological polar surface area (TPSA) is 162 Å². The third-order valence-corrected chi connectivity index (χ3v) is 4.79. The van der Waals surface area contributed by atoms with Gasteiger partial charge in [-0.25, -0.2) is 4.79 Å². The maximum Gasteiger partial charge on any atom is 0.326 e. The summed E-state index contributed by atoms with van der Waals surface area (Å²) in [4.78, 5) is 49.5. The van der Waals surface area contributed by atoms with E-state index in [4.69, 9.17) is 5.73 Å². The zero-order chi connectivity index (χ0) is 20.7. The van der Waals surface area contributed by atoms with E-state index in [0.29, 0.717) is 12.8 Å². The number of amides is 3. The number of nitrogens with zero attached hydrogens (tertiary/aromatic N) is 1. The first kappa shape index (κ1) is 23.2. The number of rotatable bonds is 9. The number of hydrogen-bond acceptors (Lipinski definition) is 7. The highest BCUT2D eigenvalue weighted by atomic mass is 32.1. The van der Waals surface area contributed by atoms with Crippen molar-refractivity contribution in [2.75, 3.05) is 18.9 Å². The van der Waals surface area contributed by atoms with Crippen LogP contribution in [0.25, 0.3) is 0 Å². The molecule has 0 saturated carbocycles. The van der Waals surface area contributed by atoms with Gasteiger partial charge in [-0.2, -0.15) is 12.6 Å². The van der Waals surface area contributed by atoms with Gasteiger partial charge in [-0.05, 0) is 18.8 Å². The molecule has 0 radical (unpaired) electrons. The summed E-state index contributed by atoms with van der Waals surface area (Å²) in [7, 11) is 0. The Balaban J connectivity index is 2.83. The number of carbonyl (C=O) groups excluding carboxylic acids is 3. The maximum atomic E-state index is 12.6. The van der Waals surface area contributed by atoms with Gasteiger partial charge in [0.25, 0.3) is 0 Å². The van der Waals surface area contributed by atoms with Crippen LogP contribution in [0.1, 0.15) is 26.7 Å². The SMILES string of the molecule is CC(C)C(NC(=O)C(N)CS)C(=O)NC(CO)C(=O)N1CCCC1C(=O)O. The van der Waals surface area contributed by atoms with Gasteiger partial charge in [0.1, 0.15) is 18.1 Å². The summed E-state index contributed by atoms with van der Waals surface area (Å²) in [6, 6.07) is -4.13. The highest BCUT2D eigenvalue weighted by molar-refractivity contribution is 7.80. The molecule has 1 aliphatic rings. The van der Waals surface area contributed by atoms with E-state index in [2.05, 4.69) is 23.3 Å². The van der Waals surface area contributed by atoms with E-state index in [-0.39, 0.29) is 18.2 Å². The lowest BCUT2D eigenvalue weighted by atomic mass is 10.0. The molecule has 0 aromatic heterocycles. The molecule has 0 aliphatic carbocycles. The first-order valence-corrected chi connectivity index (χ1v) is 9.38. The fraction of sp³-hybridized carbons (Fsp3) is 0.750. The number of likely N-dealkylation sites (tertiary alicyclic amines) is 1. The van der Waals surface area contributed by atoms with E-state index in [1.54, 1.807) is 13.8 Å². The molecule has 1 fully saturated rings. The fourth-order valence-electron chi connectivity index (χ4n) is 2.81. The zero-order valence-corrected chi connectivity index (χ0v) is 16.3. The minimum Gasteiger partial charge on any atom is -0.480 e. The second kappa shape index (κ2) is 10.5. The molecule has 1 heterocycles. The quantitative estimate of drug-likeness (QED) is 0.241. The standard InChI is InChI=1S/C16H28N4O6S/c1-8(2)12(19-13(22)9(17)7-27)14(23)18-10(6-21)15(24)20-5-3-4-11(20)16(25)26/h8-12,21,27H,3-7,17H2,1-2H3,(H,18,23)(H,19,22)(H,25,26). The Morgan fingerprint density at radius 3 is 2.33 bits per heavy atom. The first-order chi connectivity index (χ1) is 12.6. The Kier molecular flexibility index (Phi) is 9.00. The van der Waals surface area contributed by atoms with Crippen LogP contribution < -0.4 is 16.4 Å². The molecule has 1 rings (SSSR count). The molecule has 6 N–H and O–H groups in total. The van der Waals surface area contributed by atoms with Gasteiger partial charge < -0.3 is 31.5 Å². The van der Waals surface area contributed by atoms with Crippen molar-refractivity contribution in [3.8, 4) is 0 Å². The number of hydrogen-bond donors (Lipinski definition) is 6. The molecule has 1 saturated heterocycles. The molecule has 27 heavy (non-hydrogen) atoms. The molecule has 1 aliphatic heterocycles. The van der Waals surface area contributed by atoms with Crippen LogP contribution in [0, 0.1) is 5.92 Å². The van der Waals surface area contributed by atoms with Crippen LogP contribution in [0.5, 0.6) is 0 Å². The third-order valence-electron chi connectivity index (χ3n) is 4.40. The van der Waals surface area contributed by atoms with Crippen LogP contribution in [0.4, 0.5) is 0 Å². The first-order valence-electron chi connectivity index (χ1n) is 8.75. The molecular weight excluding hydrogens is 376 g/mol. The average Bonchev–Trinajstić information content (AvgIpc) is 3.12. The second-order valence-corrected chi connectivity index (χ2v) is 7.16. The van der Waals surface area contributed by atoms with E-state index >= 15 is 0 Å². The lowest BCUT2D eigenvalue weighted by Crippen LogP contribution is -2.59. The van der Waals surface area contributed by atoms with Gasteiger partial charge in [0.15, 0.2) is 0 Å². The summed E-state index contributed by atoms with van der Waals surface area (Å²) >= 11 is 3.94. The molecule has 0 aromatic carbocycles. The summed E-state index contributed by atoms with van der Waals surface area (Å²) in [6.07, 6.45) is 0.848. The molecule has 10 nitrogen and oxygen atoms in total. The van der Waals surface area contributed by atoms with E-state index in [9.17, 15) is 29.4 Å². The van der Waals surface area contributed by atoms with Gasteiger partial charge in [0.05, 0.1) is 12.6 Å². The normalized spacial score (nSPS) is 20.1. The van der Waals surface area contributed by atoms with Gasteiger partial charge in [-0.3, -0.25) is 14.4 Å². The predicted molar refractivity (Wildman–Crippen MR) is 100.0 cm³/mol. The number of nitrogens with two attached hydrogens (primary N) is 1. The highest BCUT2D eigenvalue weighted by Crippen LogP contribution is 2.18. The van der Waals surface area contributed by atoms with E-state index < -0.39 is 54.5 Å². The average molecular weight is 404 g/mol. The number of thiol groups is 1. The lowest BCUT2D eigenvalue weighted by molar-refractivity contribution is -0.150. The summed E-state index contributed by atoms with van der Waals surface area (Å²) in [5, 5.41) is 23.6. The Hall–Kier alpha value is -1.85. The number of carboxylic acid groups (broad SMARTS) is 1. The van der Waals surface area contributed by atoms with E-state index in [1.165, 1.54) is 0 Å². The summed E-state index contributed by atoms with van der Waals surface area (Å²) < 4.78 is 0. The molecule has 3 amide bonds. The van der Waals surface area contributed by atoms with Crippen molar-refractivity contribution < 1.29 is 29.4 Å². The third kappa shape index (κ3) is 6.08. The highest BCUT2D eigenvalue weighted by Gasteiger charge is 2.38. The summed E-state index contributed by atoms with van der Waals surface area (Å²) in [6.45, 7) is 2.95. The van der Waals surface area contributed by atoms with Crippen molar-refractivity contribution in [1.29, 1.82) is 0 Å². The molecule has 4 unspecified atom stereocenters. The molecule has 4 atom stereocenters. The van der Waals surface area contributed by atoms with Crippen LogP contribution in [-0.2, 0) is 19.2 Å². The van der Waals surface area contributed by atoms with E-state index in [1.807, 2.05) is 0 Å². The second-order valence-electron chi connectivity index (χ2n) is 6.79. The fourth-order valence-corrected chi connectivity index (χ4v) is 2.98. The van der Waals surface area contributed by atoms with Gasteiger partial charge >= 0.3 is 5.97 Å². The minimum absolute atomic E-state index is 0.0988. The van der Waals surface area contributed by atoms with Gasteiger partial charge in [0.2, 0.25) is 17.7 Å². The minimum atomic E-state index is -1.30. The van der Waals surface area contributed by atoms with Gasteiger partial charge in [0, 0.05) is 12.3 Å². The molecule has 0 spiro atoms. The molecule has 154 valence electrons. The van der Waals surface area contributed by atoms with E-state index in [0.717, 1.165) is 4.90 Å². The Morgan fingerprint density at radius 2 is 1.85 bits per heavy atom. The van der Waals surface area contributed by atoms with Crippen LogP contribution in [-0.4, -0.2) is 81.9 Å². The van der Waals surface area contributed by atoms with Crippen LogP contribution in [0.15, 0.2) is 0 Å². The van der Waals surface area contributed by atoms with Gasteiger partial charge in [-0.15, -0.1) is 0 Å². The van der Waals surface area contributed by atoms with Crippen molar-refractivity contribution >= 4 is 36.3 Å². The summed E-state index contributed by atoms with van der Waals surface area (Å²) in [5.74, 6) is -3.23. The van der Waals surface area contributed by atoms with Crippen LogP contribution in [0.2, 0.25) is 0 Å². The Morgan fingerprint density at radius 1 is 1.22 bits per heavy atom. The number of aliphatic hydroxyl groups excluding tert-OH is 1. The Bertz CT molecular complexity index is 573. The maximum absolute atomic E-state index is 12.6. The lowest BCUT2D eigenvalue weighted by Gasteiger charge is -2.29. The smallest absolute Gasteiger partial charge is 0.326 e. The number of carbonyl (C=O) groups is 4. The van der Waals surface area contributed by atoms with Crippen molar-refractivity contribution in [3.63, 3.8) is 0 Å². The van der Waals surface area contributed by atoms with Crippen LogP contribution >= 0.6 is 12.6 Å².